The first-order valence-electron chi connectivity index (χ1n) is 12.2. The molecule has 0 bridgehead atoms. The SMILES string of the molecule is Cc1c(C(N)=O)ccc(-c2ccc(Nc3cncc(N4CCN(CC5CCCO5)C4=O)c3)nc2)c1C. The van der Waals surface area contributed by atoms with Gasteiger partial charge in [0.15, 0.2) is 0 Å². The third-order valence-corrected chi connectivity index (χ3v) is 6.98. The maximum absolute atomic E-state index is 13.0. The van der Waals surface area contributed by atoms with E-state index >= 15 is 0 Å². The molecule has 0 radical (unpaired) electrons. The lowest BCUT2D eigenvalue weighted by Crippen LogP contribution is -2.36. The van der Waals surface area contributed by atoms with Crippen LogP contribution in [0.1, 0.15) is 34.3 Å². The predicted octanol–water partition coefficient (Wildman–Crippen LogP) is 4.02. The van der Waals surface area contributed by atoms with Gasteiger partial charge in [0, 0.05) is 43.6 Å². The van der Waals surface area contributed by atoms with E-state index in [2.05, 4.69) is 15.3 Å². The highest BCUT2D eigenvalue weighted by Gasteiger charge is 2.32. The van der Waals surface area contributed by atoms with Gasteiger partial charge in [-0.05, 0) is 67.6 Å². The van der Waals surface area contributed by atoms with Crippen molar-refractivity contribution in [2.75, 3.05) is 36.5 Å². The first kappa shape index (κ1) is 23.7. The zero-order chi connectivity index (χ0) is 25.2. The summed E-state index contributed by atoms with van der Waals surface area (Å²) in [6.07, 6.45) is 7.41. The highest BCUT2D eigenvalue weighted by Crippen LogP contribution is 2.29. The van der Waals surface area contributed by atoms with Crippen LogP contribution in [0.5, 0.6) is 0 Å². The molecule has 2 saturated heterocycles. The van der Waals surface area contributed by atoms with Crippen LogP contribution in [-0.4, -0.2) is 59.2 Å². The minimum absolute atomic E-state index is 0.0139. The van der Waals surface area contributed by atoms with E-state index < -0.39 is 5.91 Å². The summed E-state index contributed by atoms with van der Waals surface area (Å²) in [6, 6.07) is 9.42. The van der Waals surface area contributed by atoms with Crippen molar-refractivity contribution < 1.29 is 14.3 Å². The summed E-state index contributed by atoms with van der Waals surface area (Å²) in [4.78, 5) is 37.1. The van der Waals surface area contributed by atoms with Crippen LogP contribution in [-0.2, 0) is 4.74 Å². The Morgan fingerprint density at radius 3 is 2.72 bits per heavy atom. The lowest BCUT2D eigenvalue weighted by atomic mass is 9.94. The van der Waals surface area contributed by atoms with Crippen LogP contribution < -0.4 is 16.0 Å². The molecule has 0 spiro atoms. The van der Waals surface area contributed by atoms with Gasteiger partial charge in [-0.1, -0.05) is 6.07 Å². The molecule has 3 N–H and O–H groups in total. The predicted molar refractivity (Wildman–Crippen MR) is 138 cm³/mol. The number of hydrogen-bond acceptors (Lipinski definition) is 6. The maximum atomic E-state index is 13.0. The molecule has 1 aromatic carbocycles. The number of anilines is 3. The second-order valence-corrected chi connectivity index (χ2v) is 9.28. The number of carbonyl (C=O) groups is 2. The molecule has 9 nitrogen and oxygen atoms in total. The highest BCUT2D eigenvalue weighted by molar-refractivity contribution is 5.96. The summed E-state index contributed by atoms with van der Waals surface area (Å²) in [5.74, 6) is 0.232. The molecule has 186 valence electrons. The van der Waals surface area contributed by atoms with E-state index in [4.69, 9.17) is 10.5 Å². The smallest absolute Gasteiger partial charge is 0.324 e. The average molecular weight is 487 g/mol. The molecule has 2 fully saturated rings. The Hall–Kier alpha value is -3.98. The molecule has 1 atom stereocenters. The minimum atomic E-state index is -0.429. The van der Waals surface area contributed by atoms with Gasteiger partial charge in [0.05, 0.1) is 29.9 Å². The number of nitrogens with zero attached hydrogens (tertiary/aromatic N) is 4. The van der Waals surface area contributed by atoms with E-state index in [1.807, 2.05) is 43.0 Å². The van der Waals surface area contributed by atoms with Gasteiger partial charge in [-0.15, -0.1) is 0 Å². The Morgan fingerprint density at radius 1 is 1.14 bits per heavy atom. The zero-order valence-corrected chi connectivity index (χ0v) is 20.5. The van der Waals surface area contributed by atoms with Crippen molar-refractivity contribution in [1.82, 2.24) is 14.9 Å². The van der Waals surface area contributed by atoms with Crippen molar-refractivity contribution in [2.45, 2.75) is 32.8 Å². The molecule has 4 heterocycles. The summed E-state index contributed by atoms with van der Waals surface area (Å²) < 4.78 is 5.69. The lowest BCUT2D eigenvalue weighted by molar-refractivity contribution is 0.0874. The van der Waals surface area contributed by atoms with Crippen molar-refractivity contribution >= 4 is 29.1 Å². The molecule has 2 aliphatic rings. The normalized spacial score (nSPS) is 17.6. The van der Waals surface area contributed by atoms with Gasteiger partial charge in [-0.3, -0.25) is 14.7 Å². The molecule has 0 saturated carbocycles. The van der Waals surface area contributed by atoms with Crippen molar-refractivity contribution in [1.29, 1.82) is 0 Å². The van der Waals surface area contributed by atoms with Crippen LogP contribution in [0.25, 0.3) is 11.1 Å². The Kier molecular flexibility index (Phi) is 6.56. The molecule has 5 rings (SSSR count). The number of amides is 3. The quantitative estimate of drug-likeness (QED) is 0.521. The Labute approximate surface area is 210 Å². The molecule has 2 aromatic heterocycles. The topological polar surface area (TPSA) is 114 Å². The number of nitrogens with one attached hydrogen (secondary N) is 1. The largest absolute Gasteiger partial charge is 0.376 e. The number of aromatic nitrogens is 2. The van der Waals surface area contributed by atoms with E-state index in [-0.39, 0.29) is 12.1 Å². The van der Waals surface area contributed by atoms with Gasteiger partial charge in [-0.2, -0.15) is 0 Å². The zero-order valence-electron chi connectivity index (χ0n) is 20.5. The summed E-state index contributed by atoms with van der Waals surface area (Å²) in [7, 11) is 0. The molecule has 3 amide bonds. The third kappa shape index (κ3) is 4.74. The molecule has 0 aliphatic carbocycles. The van der Waals surface area contributed by atoms with Gasteiger partial charge in [-0.25, -0.2) is 9.78 Å². The Balaban J connectivity index is 1.27. The van der Waals surface area contributed by atoms with Crippen molar-refractivity contribution in [2.24, 2.45) is 5.73 Å². The number of carbonyl (C=O) groups excluding carboxylic acids is 2. The number of benzene rings is 1. The molecule has 3 aromatic rings. The summed E-state index contributed by atoms with van der Waals surface area (Å²) in [5, 5.41) is 3.27. The molecular weight excluding hydrogens is 456 g/mol. The maximum Gasteiger partial charge on any atom is 0.324 e. The number of nitrogens with two attached hydrogens (primary N) is 1. The van der Waals surface area contributed by atoms with Crippen LogP contribution in [0.3, 0.4) is 0 Å². The second kappa shape index (κ2) is 9.94. The van der Waals surface area contributed by atoms with E-state index in [0.29, 0.717) is 31.0 Å². The van der Waals surface area contributed by atoms with E-state index in [1.165, 1.54) is 0 Å². The fourth-order valence-electron chi connectivity index (χ4n) is 4.84. The van der Waals surface area contributed by atoms with Crippen LogP contribution in [0, 0.1) is 13.8 Å². The fourth-order valence-corrected chi connectivity index (χ4v) is 4.84. The van der Waals surface area contributed by atoms with Gasteiger partial charge in [0.1, 0.15) is 5.82 Å². The van der Waals surface area contributed by atoms with Crippen LogP contribution in [0.4, 0.5) is 22.0 Å². The van der Waals surface area contributed by atoms with Crippen LogP contribution in [0.15, 0.2) is 48.9 Å². The third-order valence-electron chi connectivity index (χ3n) is 6.98. The number of urea groups is 1. The Bertz CT molecular complexity index is 1290. The van der Waals surface area contributed by atoms with Gasteiger partial charge < -0.3 is 20.7 Å². The van der Waals surface area contributed by atoms with Crippen molar-refractivity contribution in [3.05, 3.63) is 65.6 Å². The molecule has 1 unspecified atom stereocenters. The van der Waals surface area contributed by atoms with Crippen molar-refractivity contribution in [3.8, 4) is 11.1 Å². The summed E-state index contributed by atoms with van der Waals surface area (Å²) in [5.41, 5.74) is 11.3. The number of rotatable bonds is 7. The first-order chi connectivity index (χ1) is 17.4. The van der Waals surface area contributed by atoms with E-state index in [9.17, 15) is 9.59 Å². The second-order valence-electron chi connectivity index (χ2n) is 9.28. The number of pyridine rings is 2. The van der Waals surface area contributed by atoms with Gasteiger partial charge >= 0.3 is 6.03 Å². The standard InChI is InChI=1S/C27H30N6O3/c1-17-18(2)24(26(28)34)7-6-23(17)19-5-8-25(30-13-19)31-20-12-21(15-29-14-20)33-10-9-32(27(33)35)16-22-4-3-11-36-22/h5-8,12-15,22H,3-4,9-11,16H2,1-2H3,(H2,28,34)(H,30,31). The van der Waals surface area contributed by atoms with Crippen LogP contribution >= 0.6 is 0 Å². The number of primary amides is 1. The minimum Gasteiger partial charge on any atom is -0.376 e. The number of hydrogen-bond donors (Lipinski definition) is 2. The highest BCUT2D eigenvalue weighted by atomic mass is 16.5. The molecular formula is C27H30N6O3. The summed E-state index contributed by atoms with van der Waals surface area (Å²) >= 11 is 0. The fraction of sp³-hybridized carbons (Fsp3) is 0.333. The summed E-state index contributed by atoms with van der Waals surface area (Å²) in [6.45, 7) is 6.60. The number of ether oxygens (including phenoxy) is 1. The Morgan fingerprint density at radius 2 is 2.00 bits per heavy atom. The molecule has 9 heteroatoms. The first-order valence-corrected chi connectivity index (χ1v) is 12.2. The van der Waals surface area contributed by atoms with Gasteiger partial charge in [0.2, 0.25) is 5.91 Å². The monoisotopic (exact) mass is 486 g/mol. The lowest BCUT2D eigenvalue weighted by Gasteiger charge is -2.21. The van der Waals surface area contributed by atoms with Crippen LogP contribution in [0.2, 0.25) is 0 Å². The van der Waals surface area contributed by atoms with E-state index in [1.54, 1.807) is 29.6 Å². The van der Waals surface area contributed by atoms with E-state index in [0.717, 1.165) is 53.1 Å². The van der Waals surface area contributed by atoms with Gasteiger partial charge in [0.25, 0.3) is 0 Å². The van der Waals surface area contributed by atoms with Crippen molar-refractivity contribution in [3.63, 3.8) is 0 Å². The molecule has 2 aliphatic heterocycles. The average Bonchev–Trinajstić information content (AvgIpc) is 3.52. The molecule has 36 heavy (non-hydrogen) atoms.